The molecule has 0 bridgehead atoms. The Hall–Kier alpha value is -1.79. The van der Waals surface area contributed by atoms with Crippen LogP contribution in [0.15, 0.2) is 46.0 Å². The molecular weight excluding hydrogens is 593 g/mol. The van der Waals surface area contributed by atoms with Crippen molar-refractivity contribution in [2.75, 3.05) is 63.6 Å². The number of hydrogen-bond donors (Lipinski definition) is 2. The first-order valence-electron chi connectivity index (χ1n) is 12.6. The SMILES string of the molecule is C[C@](O)(c1ccc(N2CCN(S(=O)(=O)c3cccs3)C[C@@H]2CN2CCOC[C@@H]2CNS(C)(=O)=O)cc1)C(F)(F)F. The summed E-state index contributed by atoms with van der Waals surface area (Å²) in [6.45, 7) is 2.93. The van der Waals surface area contributed by atoms with Gasteiger partial charge in [-0.25, -0.2) is 21.6 Å². The maximum absolute atomic E-state index is 13.4. The van der Waals surface area contributed by atoms with Crippen molar-refractivity contribution in [1.82, 2.24) is 13.9 Å². The molecule has 1 aromatic heterocycles. The second kappa shape index (κ2) is 11.8. The molecule has 0 radical (unpaired) electrons. The quantitative estimate of drug-likeness (QED) is 0.432. The smallest absolute Gasteiger partial charge is 0.378 e. The van der Waals surface area contributed by atoms with E-state index in [0.717, 1.165) is 17.6 Å². The number of benzene rings is 1. The van der Waals surface area contributed by atoms with Crippen LogP contribution in [-0.4, -0.2) is 108 Å². The van der Waals surface area contributed by atoms with Gasteiger partial charge < -0.3 is 14.7 Å². The molecule has 16 heteroatoms. The lowest BCUT2D eigenvalue weighted by atomic mass is 9.95. The average Bonchev–Trinajstić information content (AvgIpc) is 3.43. The van der Waals surface area contributed by atoms with Crippen LogP contribution in [0, 0.1) is 0 Å². The molecule has 2 aromatic rings. The molecule has 2 aliphatic rings. The fourth-order valence-corrected chi connectivity index (χ4v) is 7.96. The maximum Gasteiger partial charge on any atom is 0.421 e. The van der Waals surface area contributed by atoms with Crippen LogP contribution in [0.5, 0.6) is 0 Å². The highest BCUT2D eigenvalue weighted by Gasteiger charge is 2.51. The third-order valence-electron chi connectivity index (χ3n) is 7.22. The predicted octanol–water partition coefficient (Wildman–Crippen LogP) is 1.65. The largest absolute Gasteiger partial charge is 0.421 e. The summed E-state index contributed by atoms with van der Waals surface area (Å²) < 4.78 is 99.8. The number of sulfonamides is 2. The molecule has 0 spiro atoms. The lowest BCUT2D eigenvalue weighted by Gasteiger charge is -2.46. The van der Waals surface area contributed by atoms with Gasteiger partial charge in [0.15, 0.2) is 5.60 Å². The van der Waals surface area contributed by atoms with E-state index in [2.05, 4.69) is 4.72 Å². The molecular formula is C24H33F3N4O6S3. The minimum atomic E-state index is -4.86. The van der Waals surface area contributed by atoms with Crippen LogP contribution in [0.4, 0.5) is 18.9 Å². The second-order valence-electron chi connectivity index (χ2n) is 10.1. The number of piperazine rings is 1. The number of thiophene rings is 1. The Kier molecular flexibility index (Phi) is 9.22. The number of alkyl halides is 3. The molecule has 4 rings (SSSR count). The number of rotatable bonds is 9. The van der Waals surface area contributed by atoms with Crippen LogP contribution in [0.2, 0.25) is 0 Å². The van der Waals surface area contributed by atoms with E-state index in [-0.39, 0.29) is 48.6 Å². The first-order valence-corrected chi connectivity index (χ1v) is 16.8. The van der Waals surface area contributed by atoms with Gasteiger partial charge in [-0.1, -0.05) is 18.2 Å². The zero-order chi connectivity index (χ0) is 29.3. The minimum absolute atomic E-state index is 0.115. The lowest BCUT2D eigenvalue weighted by molar-refractivity contribution is -0.258. The van der Waals surface area contributed by atoms with E-state index in [4.69, 9.17) is 4.74 Å². The monoisotopic (exact) mass is 626 g/mol. The van der Waals surface area contributed by atoms with Gasteiger partial charge in [-0.15, -0.1) is 11.3 Å². The van der Waals surface area contributed by atoms with Gasteiger partial charge in [-0.2, -0.15) is 17.5 Å². The molecule has 2 saturated heterocycles. The van der Waals surface area contributed by atoms with Crippen LogP contribution < -0.4 is 9.62 Å². The molecule has 0 aliphatic carbocycles. The predicted molar refractivity (Wildman–Crippen MR) is 145 cm³/mol. The van der Waals surface area contributed by atoms with E-state index in [1.54, 1.807) is 17.5 Å². The molecule has 0 saturated carbocycles. The summed E-state index contributed by atoms with van der Waals surface area (Å²) >= 11 is 1.12. The Morgan fingerprint density at radius 1 is 1.07 bits per heavy atom. The summed E-state index contributed by atoms with van der Waals surface area (Å²) in [6.07, 6.45) is -3.79. The van der Waals surface area contributed by atoms with Gasteiger partial charge in [0.05, 0.1) is 25.5 Å². The molecule has 3 heterocycles. The van der Waals surface area contributed by atoms with Crippen molar-refractivity contribution in [3.63, 3.8) is 0 Å². The molecule has 3 atom stereocenters. The summed E-state index contributed by atoms with van der Waals surface area (Å²) in [7, 11) is -7.19. The first-order chi connectivity index (χ1) is 18.6. The topological polar surface area (TPSA) is 119 Å². The fraction of sp³-hybridized carbons (Fsp3) is 0.583. The lowest BCUT2D eigenvalue weighted by Crippen LogP contribution is -2.61. The molecule has 2 N–H and O–H groups in total. The molecule has 224 valence electrons. The van der Waals surface area contributed by atoms with Gasteiger partial charge in [-0.05, 0) is 36.1 Å². The second-order valence-corrected chi connectivity index (χ2v) is 15.0. The Bertz CT molecular complexity index is 1350. The number of ether oxygens (including phenoxy) is 1. The Morgan fingerprint density at radius 2 is 1.77 bits per heavy atom. The van der Waals surface area contributed by atoms with Gasteiger partial charge in [-0.3, -0.25) is 4.90 Å². The van der Waals surface area contributed by atoms with E-state index >= 15 is 0 Å². The van der Waals surface area contributed by atoms with Crippen molar-refractivity contribution < 1.29 is 39.9 Å². The highest BCUT2D eigenvalue weighted by Crippen LogP contribution is 2.39. The molecule has 2 aliphatic heterocycles. The number of aliphatic hydroxyl groups is 1. The summed E-state index contributed by atoms with van der Waals surface area (Å²) in [5.41, 5.74) is -2.75. The normalized spacial score (nSPS) is 23.7. The molecule has 0 unspecified atom stereocenters. The zero-order valence-electron chi connectivity index (χ0n) is 22.0. The summed E-state index contributed by atoms with van der Waals surface area (Å²) in [6, 6.07) is 7.94. The van der Waals surface area contributed by atoms with E-state index in [1.165, 1.54) is 28.6 Å². The van der Waals surface area contributed by atoms with E-state index in [9.17, 15) is 35.1 Å². The van der Waals surface area contributed by atoms with Crippen molar-refractivity contribution in [3.05, 3.63) is 47.3 Å². The summed E-state index contributed by atoms with van der Waals surface area (Å²) in [5.74, 6) is 0. The van der Waals surface area contributed by atoms with Gasteiger partial charge in [0.1, 0.15) is 4.21 Å². The van der Waals surface area contributed by atoms with E-state index < -0.39 is 37.9 Å². The van der Waals surface area contributed by atoms with E-state index in [0.29, 0.717) is 32.3 Å². The van der Waals surface area contributed by atoms with Crippen molar-refractivity contribution in [2.45, 2.75) is 35.0 Å². The van der Waals surface area contributed by atoms with Crippen molar-refractivity contribution in [3.8, 4) is 0 Å². The molecule has 2 fully saturated rings. The molecule has 40 heavy (non-hydrogen) atoms. The number of halogens is 3. The number of nitrogens with zero attached hydrogens (tertiary/aromatic N) is 3. The van der Waals surface area contributed by atoms with Gasteiger partial charge in [0.25, 0.3) is 10.0 Å². The van der Waals surface area contributed by atoms with E-state index in [1.807, 2.05) is 9.80 Å². The first kappa shape index (κ1) is 31.2. The van der Waals surface area contributed by atoms with Crippen molar-refractivity contribution in [2.24, 2.45) is 0 Å². The zero-order valence-corrected chi connectivity index (χ0v) is 24.5. The van der Waals surface area contributed by atoms with Crippen LogP contribution in [-0.2, 0) is 30.4 Å². The Labute approximate surface area is 236 Å². The molecule has 0 amide bonds. The fourth-order valence-electron chi connectivity index (χ4n) is 4.86. The Balaban J connectivity index is 1.61. The molecule has 1 aromatic carbocycles. The number of morpholine rings is 1. The number of anilines is 1. The van der Waals surface area contributed by atoms with Crippen LogP contribution in [0.3, 0.4) is 0 Å². The number of hydrogen-bond acceptors (Lipinski definition) is 9. The van der Waals surface area contributed by atoms with Crippen molar-refractivity contribution >= 4 is 37.1 Å². The Morgan fingerprint density at radius 3 is 2.38 bits per heavy atom. The van der Waals surface area contributed by atoms with Crippen LogP contribution >= 0.6 is 11.3 Å². The van der Waals surface area contributed by atoms with Gasteiger partial charge >= 0.3 is 6.18 Å². The van der Waals surface area contributed by atoms with Crippen LogP contribution in [0.1, 0.15) is 12.5 Å². The maximum atomic E-state index is 13.4. The third-order valence-corrected chi connectivity index (χ3v) is 11.2. The van der Waals surface area contributed by atoms with Crippen molar-refractivity contribution in [1.29, 1.82) is 0 Å². The average molecular weight is 627 g/mol. The highest BCUT2D eigenvalue weighted by atomic mass is 32.2. The standard InChI is InChI=1S/C24H33F3N4O6S3/c1-23(32,24(25,26)27)18-5-7-19(8-6-18)31-10-9-30(40(35,36)22-4-3-13-38-22)16-21(31)15-29-11-12-37-17-20(29)14-28-39(2,33)34/h3-8,13,20-21,28,32H,9-12,14-17H2,1-2H3/t20-,21-,23-/m0/s1. The summed E-state index contributed by atoms with van der Waals surface area (Å²) in [4.78, 5) is 3.99. The number of nitrogens with one attached hydrogen (secondary N) is 1. The van der Waals surface area contributed by atoms with Gasteiger partial charge in [0.2, 0.25) is 10.0 Å². The minimum Gasteiger partial charge on any atom is -0.378 e. The molecule has 10 nitrogen and oxygen atoms in total. The summed E-state index contributed by atoms with van der Waals surface area (Å²) in [5, 5.41) is 11.8. The van der Waals surface area contributed by atoms with Gasteiger partial charge in [0, 0.05) is 51.0 Å². The third kappa shape index (κ3) is 6.98. The van der Waals surface area contributed by atoms with Crippen LogP contribution in [0.25, 0.3) is 0 Å². The highest BCUT2D eigenvalue weighted by molar-refractivity contribution is 7.91.